The first-order valence-corrected chi connectivity index (χ1v) is 10.6. The number of nitrogens with one attached hydrogen (secondary N) is 3. The molecule has 0 bridgehead atoms. The molecule has 4 atom stereocenters. The van der Waals surface area contributed by atoms with E-state index >= 15 is 0 Å². The average molecular weight is 459 g/mol. The molecular formula is C17H26N6O5S2. The Balaban J connectivity index is 2.11. The SMILES string of the molecule is NC(CS)C(=O)NC(Cc1cnc[nH]1)C(=O)NC(CS)C(=O)N1CCCC1C(=O)O. The van der Waals surface area contributed by atoms with Crippen molar-refractivity contribution in [1.82, 2.24) is 25.5 Å². The van der Waals surface area contributed by atoms with E-state index in [1.807, 2.05) is 0 Å². The Hall–Kier alpha value is -2.25. The van der Waals surface area contributed by atoms with E-state index < -0.39 is 47.9 Å². The molecule has 4 unspecified atom stereocenters. The lowest BCUT2D eigenvalue weighted by molar-refractivity contribution is -0.149. The van der Waals surface area contributed by atoms with Crippen molar-refractivity contribution in [3.8, 4) is 0 Å². The number of carboxylic acids is 1. The molecule has 2 heterocycles. The average Bonchev–Trinajstić information content (AvgIpc) is 3.41. The van der Waals surface area contributed by atoms with Gasteiger partial charge in [0.05, 0.1) is 12.4 Å². The number of rotatable bonds is 10. The Morgan fingerprint density at radius 2 is 1.93 bits per heavy atom. The summed E-state index contributed by atoms with van der Waals surface area (Å²) >= 11 is 8.12. The highest BCUT2D eigenvalue weighted by atomic mass is 32.1. The summed E-state index contributed by atoms with van der Waals surface area (Å²) in [6.07, 6.45) is 3.95. The van der Waals surface area contributed by atoms with Crippen LogP contribution in [0.5, 0.6) is 0 Å². The van der Waals surface area contributed by atoms with Crippen LogP contribution in [0.3, 0.4) is 0 Å². The molecule has 6 N–H and O–H groups in total. The number of thiol groups is 2. The molecule has 1 saturated heterocycles. The molecule has 1 aliphatic heterocycles. The van der Waals surface area contributed by atoms with Crippen LogP contribution in [-0.4, -0.2) is 85.9 Å². The maximum Gasteiger partial charge on any atom is 0.326 e. The maximum absolute atomic E-state index is 12.9. The number of nitrogens with two attached hydrogens (primary N) is 1. The van der Waals surface area contributed by atoms with Gasteiger partial charge >= 0.3 is 5.97 Å². The van der Waals surface area contributed by atoms with Crippen LogP contribution < -0.4 is 16.4 Å². The van der Waals surface area contributed by atoms with E-state index in [9.17, 15) is 24.3 Å². The summed E-state index contributed by atoms with van der Waals surface area (Å²) in [4.78, 5) is 57.2. The second kappa shape index (κ2) is 11.2. The molecule has 0 radical (unpaired) electrons. The minimum absolute atomic E-state index is 0.0334. The van der Waals surface area contributed by atoms with Gasteiger partial charge in [0.15, 0.2) is 0 Å². The topological polar surface area (TPSA) is 171 Å². The fourth-order valence-corrected chi connectivity index (χ4v) is 3.55. The van der Waals surface area contributed by atoms with Crippen LogP contribution in [0, 0.1) is 0 Å². The quantitative estimate of drug-likeness (QED) is 0.202. The number of carbonyl (C=O) groups excluding carboxylic acids is 3. The number of carbonyl (C=O) groups is 4. The smallest absolute Gasteiger partial charge is 0.326 e. The normalized spacial score (nSPS) is 19.0. The molecule has 0 aliphatic carbocycles. The first kappa shape index (κ1) is 24.0. The lowest BCUT2D eigenvalue weighted by Gasteiger charge is -2.28. The molecule has 1 fully saturated rings. The number of likely N-dealkylation sites (tertiary alicyclic amines) is 1. The van der Waals surface area contributed by atoms with Gasteiger partial charge in [-0.3, -0.25) is 14.4 Å². The molecule has 0 saturated carbocycles. The van der Waals surface area contributed by atoms with Crippen LogP contribution in [-0.2, 0) is 25.6 Å². The third-order valence-electron chi connectivity index (χ3n) is 4.76. The molecule has 0 spiro atoms. The van der Waals surface area contributed by atoms with E-state index in [0.29, 0.717) is 25.1 Å². The fourth-order valence-electron chi connectivity index (χ4n) is 3.13. The molecule has 30 heavy (non-hydrogen) atoms. The number of hydrogen-bond acceptors (Lipinski definition) is 8. The highest BCUT2D eigenvalue weighted by Gasteiger charge is 2.38. The zero-order valence-electron chi connectivity index (χ0n) is 16.2. The van der Waals surface area contributed by atoms with Crippen molar-refractivity contribution in [1.29, 1.82) is 0 Å². The zero-order valence-corrected chi connectivity index (χ0v) is 17.9. The van der Waals surface area contributed by atoms with Crippen molar-refractivity contribution in [2.45, 2.75) is 43.4 Å². The highest BCUT2D eigenvalue weighted by Crippen LogP contribution is 2.19. The largest absolute Gasteiger partial charge is 0.480 e. The minimum atomic E-state index is -1.09. The van der Waals surface area contributed by atoms with Crippen LogP contribution in [0.25, 0.3) is 0 Å². The monoisotopic (exact) mass is 458 g/mol. The van der Waals surface area contributed by atoms with E-state index in [1.54, 1.807) is 0 Å². The molecule has 3 amide bonds. The predicted octanol–water partition coefficient (Wildman–Crippen LogP) is -1.82. The Bertz CT molecular complexity index is 762. The van der Waals surface area contributed by atoms with Crippen LogP contribution in [0.4, 0.5) is 0 Å². The van der Waals surface area contributed by atoms with Gasteiger partial charge in [-0.25, -0.2) is 9.78 Å². The molecule has 13 heteroatoms. The number of aliphatic carboxylic acids is 1. The van der Waals surface area contributed by atoms with Gasteiger partial charge in [0.25, 0.3) is 0 Å². The zero-order chi connectivity index (χ0) is 22.3. The molecule has 1 aliphatic rings. The predicted molar refractivity (Wildman–Crippen MR) is 114 cm³/mol. The standard InChI is InChI=1S/C17H26N6O5S2/c18-10(6-29)14(24)21-11(4-9-5-19-8-20-9)15(25)22-12(7-30)16(26)23-3-1-2-13(23)17(27)28/h5,8,10-13,29-30H,1-4,6-7,18H2,(H,19,20)(H,21,24)(H,22,25)(H,27,28). The highest BCUT2D eigenvalue weighted by molar-refractivity contribution is 7.80. The van der Waals surface area contributed by atoms with Crippen molar-refractivity contribution in [3.63, 3.8) is 0 Å². The number of nitrogens with zero attached hydrogens (tertiary/aromatic N) is 2. The fraction of sp³-hybridized carbons (Fsp3) is 0.588. The van der Waals surface area contributed by atoms with Crippen LogP contribution >= 0.6 is 25.3 Å². The molecular weight excluding hydrogens is 432 g/mol. The summed E-state index contributed by atoms with van der Waals surface area (Å²) in [6.45, 7) is 0.293. The van der Waals surface area contributed by atoms with E-state index in [4.69, 9.17) is 5.73 Å². The Labute approximate surface area is 184 Å². The Kier molecular flexibility index (Phi) is 8.99. The van der Waals surface area contributed by atoms with Gasteiger partial charge in [-0.1, -0.05) is 0 Å². The van der Waals surface area contributed by atoms with Gasteiger partial charge in [-0.2, -0.15) is 25.3 Å². The third-order valence-corrected chi connectivity index (χ3v) is 5.52. The molecule has 166 valence electrons. The Morgan fingerprint density at radius 3 is 2.50 bits per heavy atom. The van der Waals surface area contributed by atoms with Crippen molar-refractivity contribution in [3.05, 3.63) is 18.2 Å². The van der Waals surface area contributed by atoms with E-state index in [2.05, 4.69) is 45.9 Å². The number of imidazole rings is 1. The number of H-pyrrole nitrogens is 1. The number of hydrogen-bond donors (Lipinski definition) is 7. The summed E-state index contributed by atoms with van der Waals surface area (Å²) in [5.74, 6) is -2.74. The first-order chi connectivity index (χ1) is 14.3. The van der Waals surface area contributed by atoms with Crippen LogP contribution in [0.15, 0.2) is 12.5 Å². The lowest BCUT2D eigenvalue weighted by atomic mass is 10.1. The van der Waals surface area contributed by atoms with Gasteiger partial charge in [0, 0.05) is 36.4 Å². The summed E-state index contributed by atoms with van der Waals surface area (Å²) < 4.78 is 0. The summed E-state index contributed by atoms with van der Waals surface area (Å²) in [5, 5.41) is 14.4. The molecule has 1 aromatic rings. The number of carboxylic acid groups (broad SMARTS) is 1. The van der Waals surface area contributed by atoms with Crippen molar-refractivity contribution in [2.24, 2.45) is 5.73 Å². The number of aromatic nitrogens is 2. The minimum Gasteiger partial charge on any atom is -0.480 e. The van der Waals surface area contributed by atoms with Crippen LogP contribution in [0.1, 0.15) is 18.5 Å². The third kappa shape index (κ3) is 6.12. The van der Waals surface area contributed by atoms with Gasteiger partial charge in [0.1, 0.15) is 18.1 Å². The number of aromatic amines is 1. The van der Waals surface area contributed by atoms with E-state index in [1.165, 1.54) is 17.4 Å². The molecule has 0 aromatic carbocycles. The second-order valence-electron chi connectivity index (χ2n) is 6.90. The Morgan fingerprint density at radius 1 is 1.23 bits per heavy atom. The molecule has 1 aromatic heterocycles. The van der Waals surface area contributed by atoms with Crippen molar-refractivity contribution < 1.29 is 24.3 Å². The van der Waals surface area contributed by atoms with Gasteiger partial charge in [-0.05, 0) is 12.8 Å². The molecule has 2 rings (SSSR count). The summed E-state index contributed by atoms with van der Waals surface area (Å²) in [5.41, 5.74) is 6.26. The first-order valence-electron chi connectivity index (χ1n) is 9.37. The lowest BCUT2D eigenvalue weighted by Crippen LogP contribution is -2.58. The van der Waals surface area contributed by atoms with Gasteiger partial charge in [0.2, 0.25) is 17.7 Å². The van der Waals surface area contributed by atoms with Crippen molar-refractivity contribution >= 4 is 48.9 Å². The summed E-state index contributed by atoms with van der Waals surface area (Å²) in [7, 11) is 0. The van der Waals surface area contributed by atoms with E-state index in [0.717, 1.165) is 0 Å². The van der Waals surface area contributed by atoms with Crippen molar-refractivity contribution in [2.75, 3.05) is 18.1 Å². The van der Waals surface area contributed by atoms with Gasteiger partial charge in [-0.15, -0.1) is 0 Å². The van der Waals surface area contributed by atoms with Crippen LogP contribution in [0.2, 0.25) is 0 Å². The summed E-state index contributed by atoms with van der Waals surface area (Å²) in [6, 6.07) is -3.91. The maximum atomic E-state index is 12.9. The van der Waals surface area contributed by atoms with E-state index in [-0.39, 0.29) is 17.9 Å². The number of amides is 3. The molecule has 11 nitrogen and oxygen atoms in total. The second-order valence-corrected chi connectivity index (χ2v) is 7.63. The van der Waals surface area contributed by atoms with Gasteiger partial charge < -0.3 is 31.4 Å².